The van der Waals surface area contributed by atoms with Crippen LogP contribution in [0.3, 0.4) is 0 Å². The fourth-order valence-corrected chi connectivity index (χ4v) is 2.35. The van der Waals surface area contributed by atoms with Crippen LogP contribution in [0.1, 0.15) is 23.0 Å². The van der Waals surface area contributed by atoms with Gasteiger partial charge in [0.25, 0.3) is 5.91 Å². The van der Waals surface area contributed by atoms with E-state index in [1.807, 2.05) is 31.2 Å². The van der Waals surface area contributed by atoms with Crippen LogP contribution in [0.25, 0.3) is 11.0 Å². The Balaban J connectivity index is 1.87. The lowest BCUT2D eigenvalue weighted by Crippen LogP contribution is -2.16. The first kappa shape index (κ1) is 15.6. The van der Waals surface area contributed by atoms with Gasteiger partial charge in [-0.2, -0.15) is 0 Å². The van der Waals surface area contributed by atoms with Crippen molar-refractivity contribution in [3.8, 4) is 0 Å². The Morgan fingerprint density at radius 2 is 1.58 bits per heavy atom. The zero-order chi connectivity index (χ0) is 17.1. The quantitative estimate of drug-likeness (QED) is 0.776. The summed E-state index contributed by atoms with van der Waals surface area (Å²) in [5, 5.41) is 5.54. The van der Waals surface area contributed by atoms with Gasteiger partial charge in [-0.25, -0.2) is 4.98 Å². The third-order valence-electron chi connectivity index (χ3n) is 3.57. The van der Waals surface area contributed by atoms with Crippen molar-refractivity contribution in [3.63, 3.8) is 0 Å². The molecule has 1 heterocycles. The van der Waals surface area contributed by atoms with Crippen LogP contribution in [0, 0.1) is 6.92 Å². The van der Waals surface area contributed by atoms with E-state index in [4.69, 9.17) is 0 Å². The van der Waals surface area contributed by atoms with Gasteiger partial charge in [0.1, 0.15) is 5.69 Å². The molecule has 0 bridgehead atoms. The van der Waals surface area contributed by atoms with E-state index in [0.29, 0.717) is 16.9 Å². The molecular weight excluding hydrogens is 304 g/mol. The number of benzene rings is 2. The van der Waals surface area contributed by atoms with Crippen molar-refractivity contribution >= 4 is 34.2 Å². The number of nitrogens with zero attached hydrogens (tertiary/aromatic N) is 2. The highest BCUT2D eigenvalue weighted by Crippen LogP contribution is 2.23. The topological polar surface area (TPSA) is 84.0 Å². The Labute approximate surface area is 138 Å². The maximum absolute atomic E-state index is 12.4. The molecule has 0 aliphatic rings. The predicted octanol–water partition coefficient (Wildman–Crippen LogP) is 3.15. The molecule has 3 rings (SSSR count). The average Bonchev–Trinajstić information content (AvgIpc) is 2.57. The van der Waals surface area contributed by atoms with Crippen LogP contribution in [0.4, 0.5) is 11.4 Å². The van der Waals surface area contributed by atoms with E-state index in [9.17, 15) is 9.59 Å². The number of carbonyl (C=O) groups is 2. The second kappa shape index (κ2) is 6.45. The van der Waals surface area contributed by atoms with Gasteiger partial charge in [-0.1, -0.05) is 18.2 Å². The molecule has 1 aromatic heterocycles. The van der Waals surface area contributed by atoms with Crippen molar-refractivity contribution in [2.75, 3.05) is 10.6 Å². The van der Waals surface area contributed by atoms with Crippen LogP contribution in [0.5, 0.6) is 0 Å². The van der Waals surface area contributed by atoms with Crippen molar-refractivity contribution in [3.05, 3.63) is 59.9 Å². The molecule has 6 heteroatoms. The van der Waals surface area contributed by atoms with Crippen molar-refractivity contribution < 1.29 is 9.59 Å². The maximum atomic E-state index is 12.4. The third kappa shape index (κ3) is 3.22. The van der Waals surface area contributed by atoms with E-state index < -0.39 is 0 Å². The van der Waals surface area contributed by atoms with Crippen LogP contribution < -0.4 is 10.6 Å². The summed E-state index contributed by atoms with van der Waals surface area (Å²) < 4.78 is 0. The standard InChI is InChI=1S/C18H16N4O2/c1-11-13(20-12(2)23)8-5-9-14(11)22-18(24)17-10-19-15-6-3-4-7-16(15)21-17/h3-10H,1-2H3,(H,20,23)(H,22,24). The number of hydrogen-bond donors (Lipinski definition) is 2. The summed E-state index contributed by atoms with van der Waals surface area (Å²) in [6.45, 7) is 3.27. The molecule has 0 radical (unpaired) electrons. The smallest absolute Gasteiger partial charge is 0.275 e. The molecule has 24 heavy (non-hydrogen) atoms. The van der Waals surface area contributed by atoms with Gasteiger partial charge in [0.15, 0.2) is 0 Å². The highest BCUT2D eigenvalue weighted by atomic mass is 16.2. The average molecular weight is 320 g/mol. The van der Waals surface area contributed by atoms with Crippen LogP contribution in [0.15, 0.2) is 48.7 Å². The maximum Gasteiger partial charge on any atom is 0.275 e. The number of anilines is 2. The molecule has 0 saturated heterocycles. The van der Waals surface area contributed by atoms with Crippen LogP contribution in [0.2, 0.25) is 0 Å². The molecule has 0 aliphatic carbocycles. The van der Waals surface area contributed by atoms with Gasteiger partial charge in [-0.15, -0.1) is 0 Å². The van der Waals surface area contributed by atoms with Crippen molar-refractivity contribution in [2.45, 2.75) is 13.8 Å². The lowest BCUT2D eigenvalue weighted by Gasteiger charge is -2.12. The SMILES string of the molecule is CC(=O)Nc1cccc(NC(=O)c2cnc3ccccc3n2)c1C. The summed E-state index contributed by atoms with van der Waals surface area (Å²) >= 11 is 0. The van der Waals surface area contributed by atoms with Gasteiger partial charge in [0.2, 0.25) is 5.91 Å². The number of hydrogen-bond acceptors (Lipinski definition) is 4. The fourth-order valence-electron chi connectivity index (χ4n) is 2.35. The molecule has 0 atom stereocenters. The lowest BCUT2D eigenvalue weighted by atomic mass is 10.1. The summed E-state index contributed by atoms with van der Waals surface area (Å²) in [6, 6.07) is 12.7. The Morgan fingerprint density at radius 1 is 0.917 bits per heavy atom. The number of amides is 2. The highest BCUT2D eigenvalue weighted by molar-refractivity contribution is 6.04. The molecule has 6 nitrogen and oxygen atoms in total. The first-order valence-electron chi connectivity index (χ1n) is 7.45. The number of aromatic nitrogens is 2. The minimum atomic E-state index is -0.351. The first-order valence-corrected chi connectivity index (χ1v) is 7.45. The van der Waals surface area contributed by atoms with E-state index in [1.54, 1.807) is 18.2 Å². The number of fused-ring (bicyclic) bond motifs is 1. The molecule has 0 unspecified atom stereocenters. The van der Waals surface area contributed by atoms with E-state index in [0.717, 1.165) is 11.1 Å². The Kier molecular flexibility index (Phi) is 4.20. The summed E-state index contributed by atoms with van der Waals surface area (Å²) in [6.07, 6.45) is 1.45. The number of carbonyl (C=O) groups excluding carboxylic acids is 2. The zero-order valence-electron chi connectivity index (χ0n) is 13.3. The minimum Gasteiger partial charge on any atom is -0.326 e. The molecule has 0 spiro atoms. The molecule has 0 fully saturated rings. The molecule has 2 aromatic carbocycles. The first-order chi connectivity index (χ1) is 11.5. The van der Waals surface area contributed by atoms with E-state index >= 15 is 0 Å². The largest absolute Gasteiger partial charge is 0.326 e. The summed E-state index contributed by atoms with van der Waals surface area (Å²) in [5.74, 6) is -0.515. The summed E-state index contributed by atoms with van der Waals surface area (Å²) in [7, 11) is 0. The number of nitrogens with one attached hydrogen (secondary N) is 2. The Morgan fingerprint density at radius 3 is 2.29 bits per heavy atom. The second-order valence-electron chi connectivity index (χ2n) is 5.36. The molecule has 120 valence electrons. The van der Waals surface area contributed by atoms with Gasteiger partial charge >= 0.3 is 0 Å². The fraction of sp³-hybridized carbons (Fsp3) is 0.111. The van der Waals surface area contributed by atoms with Gasteiger partial charge in [-0.05, 0) is 36.8 Å². The van der Waals surface area contributed by atoms with E-state index in [-0.39, 0.29) is 17.5 Å². The highest BCUT2D eigenvalue weighted by Gasteiger charge is 2.12. The Bertz CT molecular complexity index is 937. The van der Waals surface area contributed by atoms with Gasteiger partial charge < -0.3 is 10.6 Å². The van der Waals surface area contributed by atoms with Gasteiger partial charge in [-0.3, -0.25) is 14.6 Å². The van der Waals surface area contributed by atoms with Crippen LogP contribution >= 0.6 is 0 Å². The third-order valence-corrected chi connectivity index (χ3v) is 3.57. The van der Waals surface area contributed by atoms with Crippen molar-refractivity contribution in [1.29, 1.82) is 0 Å². The molecule has 0 saturated carbocycles. The summed E-state index contributed by atoms with van der Waals surface area (Å²) in [5.41, 5.74) is 3.67. The molecule has 0 aliphatic heterocycles. The normalized spacial score (nSPS) is 10.4. The number of rotatable bonds is 3. The molecule has 2 N–H and O–H groups in total. The zero-order valence-corrected chi connectivity index (χ0v) is 13.3. The van der Waals surface area contributed by atoms with Gasteiger partial charge in [0, 0.05) is 18.3 Å². The molecule has 2 amide bonds. The summed E-state index contributed by atoms with van der Waals surface area (Å²) in [4.78, 5) is 32.2. The molecular formula is C18H16N4O2. The lowest BCUT2D eigenvalue weighted by molar-refractivity contribution is -0.114. The van der Waals surface area contributed by atoms with Crippen molar-refractivity contribution in [2.24, 2.45) is 0 Å². The van der Waals surface area contributed by atoms with E-state index in [2.05, 4.69) is 20.6 Å². The van der Waals surface area contributed by atoms with Gasteiger partial charge in [0.05, 0.1) is 17.2 Å². The second-order valence-corrected chi connectivity index (χ2v) is 5.36. The molecule has 3 aromatic rings. The predicted molar refractivity (Wildman–Crippen MR) is 93.0 cm³/mol. The Hall–Kier alpha value is -3.28. The minimum absolute atomic E-state index is 0.165. The number of para-hydroxylation sites is 2. The van der Waals surface area contributed by atoms with Crippen LogP contribution in [-0.4, -0.2) is 21.8 Å². The van der Waals surface area contributed by atoms with Crippen LogP contribution in [-0.2, 0) is 4.79 Å². The monoisotopic (exact) mass is 320 g/mol. The van der Waals surface area contributed by atoms with Crippen molar-refractivity contribution in [1.82, 2.24) is 9.97 Å². The van der Waals surface area contributed by atoms with E-state index in [1.165, 1.54) is 13.1 Å².